The van der Waals surface area contributed by atoms with Crippen molar-refractivity contribution in [2.45, 2.75) is 0 Å². The fourth-order valence-corrected chi connectivity index (χ4v) is 0. The van der Waals surface area contributed by atoms with Gasteiger partial charge in [-0.25, -0.2) is 0 Å². The fourth-order valence-electron chi connectivity index (χ4n) is 0. The molecule has 0 unspecified atom stereocenters. The van der Waals surface area contributed by atoms with E-state index in [1.807, 2.05) is 0 Å². The third kappa shape index (κ3) is 64900. The average Bonchev–Trinajstić information content (AvgIpc) is 1.33. The van der Waals surface area contributed by atoms with E-state index >= 15 is 0 Å². The Bertz CT molecular complexity index is 133. The summed E-state index contributed by atoms with van der Waals surface area (Å²) in [6.07, 6.45) is 0. The van der Waals surface area contributed by atoms with Gasteiger partial charge in [0.15, 0.2) is 0 Å². The summed E-state index contributed by atoms with van der Waals surface area (Å²) in [7, 11) is 0. The van der Waals surface area contributed by atoms with Crippen molar-refractivity contribution in [1.29, 1.82) is 0 Å². The predicted octanol–water partition coefficient (Wildman–Crippen LogP) is -0.599. The van der Waals surface area contributed by atoms with E-state index in [9.17, 15) is 0 Å². The average molecular weight is 190 g/mol. The van der Waals surface area contributed by atoms with Crippen LogP contribution in [0.4, 0.5) is 0 Å². The van der Waals surface area contributed by atoms with E-state index in [4.69, 9.17) is 19.2 Å². The molecule has 0 atom stereocenters. The molecule has 0 aromatic rings. The second kappa shape index (κ2) is 9.40. The van der Waals surface area contributed by atoms with Crippen LogP contribution in [0.15, 0.2) is 0 Å². The monoisotopic (exact) mass is 190 g/mol. The van der Waals surface area contributed by atoms with E-state index in [0.29, 0.717) is 0 Å². The van der Waals surface area contributed by atoms with Crippen LogP contribution in [0, 0.1) is 0 Å². The second-order valence-electron chi connectivity index (χ2n) is 0.252. The van der Waals surface area contributed by atoms with Crippen molar-refractivity contribution in [2.75, 3.05) is 0 Å². The molecule has 0 aromatic carbocycles. The molecule has 0 spiro atoms. The van der Waals surface area contributed by atoms with Gasteiger partial charge in [0, 0.05) is 0 Å². The Morgan fingerprint density at radius 3 is 1.00 bits per heavy atom. The maximum absolute atomic E-state index is 8.52. The van der Waals surface area contributed by atoms with Gasteiger partial charge in [0.05, 0.1) is 0 Å². The number of hydrogen-bond acceptors (Lipinski definition) is 5. The minimum atomic E-state index is -3.65. The first-order chi connectivity index (χ1) is 3.15. The molecule has 0 aliphatic heterocycles. The van der Waals surface area contributed by atoms with Crippen molar-refractivity contribution in [2.24, 2.45) is 0 Å². The Morgan fingerprint density at radius 1 is 1.00 bits per heavy atom. The van der Waals surface area contributed by atoms with Gasteiger partial charge in [-0.15, -0.1) is 0 Å². The second-order valence-corrected chi connectivity index (χ2v) is 1.04. The van der Waals surface area contributed by atoms with Gasteiger partial charge < -0.3 is 0 Å². The van der Waals surface area contributed by atoms with Crippen molar-refractivity contribution in [1.82, 2.24) is 0 Å². The zero-order valence-corrected chi connectivity index (χ0v) is 5.16. The molecule has 0 aliphatic carbocycles. The quantitative estimate of drug-likeness (QED) is 0.476. The molecule has 0 amide bonds. The van der Waals surface area contributed by atoms with Gasteiger partial charge in [-0.2, -0.15) is 0 Å². The summed E-state index contributed by atoms with van der Waals surface area (Å²) in [6, 6.07) is 0. The van der Waals surface area contributed by atoms with Crippen molar-refractivity contribution in [3.8, 4) is 0 Å². The molecule has 7 heteroatoms. The molecule has 0 saturated heterocycles. The van der Waals surface area contributed by atoms with Crippen LogP contribution in [0.2, 0.25) is 0 Å². The molecule has 0 bridgehead atoms. The van der Waals surface area contributed by atoms with Crippen LogP contribution in [0.3, 0.4) is 0 Å². The summed E-state index contributed by atoms with van der Waals surface area (Å²) in [5, 5.41) is 0. The normalized spacial score (nSPS) is 5.14. The first kappa shape index (κ1) is 10.1. The molecule has 0 N–H and O–H groups in total. The topological polar surface area (TPSA) is 85.3 Å². The first-order valence-electron chi connectivity index (χ1n) is 0.772. The van der Waals surface area contributed by atoms with E-state index in [0.717, 1.165) is 0 Å². The Hall–Kier alpha value is 0.0390. The summed E-state index contributed by atoms with van der Waals surface area (Å²) in [4.78, 5) is 0. The molecular weight excluding hydrogens is 190 g/mol. The summed E-state index contributed by atoms with van der Waals surface area (Å²) < 4.78 is 42.4. The maximum atomic E-state index is 8.52. The number of hydrogen-bond donors (Lipinski definition) is 0. The Morgan fingerprint density at radius 2 is 1.00 bits per heavy atom. The van der Waals surface area contributed by atoms with Crippen LogP contribution in [0.5, 0.6) is 0 Å². The molecule has 5 nitrogen and oxygen atoms in total. The molecule has 7 heavy (non-hydrogen) atoms. The Kier molecular flexibility index (Phi) is 13.6. The van der Waals surface area contributed by atoms with Crippen molar-refractivity contribution >= 4 is 0 Å². The van der Waals surface area contributed by atoms with Gasteiger partial charge in [-0.3, -0.25) is 0 Å². The van der Waals surface area contributed by atoms with Crippen LogP contribution < -0.4 is 0 Å². The fraction of sp³-hybridized carbons (Fsp3) is 0. The predicted molar refractivity (Wildman–Crippen MR) is 3.43 cm³/mol. The molecule has 0 radical (unpaired) electrons. The summed E-state index contributed by atoms with van der Waals surface area (Å²) >= 11 is -5.08. The van der Waals surface area contributed by atoms with Gasteiger partial charge in [0.1, 0.15) is 0 Å². The van der Waals surface area contributed by atoms with E-state index in [1.54, 1.807) is 0 Å². The SMILES string of the molecule is [O]=[Mn](=[O])=[O].[O]=[Mn]=[O]. The molecular formula is Mn2O5. The van der Waals surface area contributed by atoms with Crippen LogP contribution in [-0.2, 0) is 47.7 Å². The van der Waals surface area contributed by atoms with Gasteiger partial charge in [0.25, 0.3) is 0 Å². The molecule has 0 aliphatic rings. The summed E-state index contributed by atoms with van der Waals surface area (Å²) in [6.45, 7) is 0. The van der Waals surface area contributed by atoms with Crippen LogP contribution in [0.1, 0.15) is 0 Å². The number of rotatable bonds is 0. The third-order valence-corrected chi connectivity index (χ3v) is 0. The molecule has 0 heterocycles. The first-order valence-corrected chi connectivity index (χ1v) is 3.18. The summed E-state index contributed by atoms with van der Waals surface area (Å²) in [5.41, 5.74) is 0. The Labute approximate surface area is 48.1 Å². The van der Waals surface area contributed by atoms with E-state index in [1.165, 1.54) is 0 Å². The van der Waals surface area contributed by atoms with E-state index in [-0.39, 0.29) is 0 Å². The van der Waals surface area contributed by atoms with E-state index < -0.39 is 28.5 Å². The van der Waals surface area contributed by atoms with Gasteiger partial charge >= 0.3 is 47.7 Å². The molecule has 0 aromatic heterocycles. The van der Waals surface area contributed by atoms with Gasteiger partial charge in [-0.05, 0) is 0 Å². The van der Waals surface area contributed by atoms with Crippen LogP contribution in [0.25, 0.3) is 0 Å². The van der Waals surface area contributed by atoms with Crippen molar-refractivity contribution in [3.63, 3.8) is 0 Å². The van der Waals surface area contributed by atoms with Gasteiger partial charge in [0.2, 0.25) is 0 Å². The summed E-state index contributed by atoms with van der Waals surface area (Å²) in [5.74, 6) is 0. The van der Waals surface area contributed by atoms with E-state index in [2.05, 4.69) is 0 Å². The zero-order valence-electron chi connectivity index (χ0n) is 2.80. The molecule has 0 saturated carbocycles. The van der Waals surface area contributed by atoms with Crippen LogP contribution >= 0.6 is 0 Å². The standard InChI is InChI=1S/2Mn.5O. The zero-order chi connectivity index (χ0) is 6.28. The molecule has 44 valence electrons. The molecule has 0 rings (SSSR count). The third-order valence-electron chi connectivity index (χ3n) is 0. The Balaban J connectivity index is 0. The minimum absolute atomic E-state index is 1.44. The van der Waals surface area contributed by atoms with Crippen LogP contribution in [-0.4, -0.2) is 0 Å². The van der Waals surface area contributed by atoms with Crippen molar-refractivity contribution < 1.29 is 47.7 Å². The van der Waals surface area contributed by atoms with Gasteiger partial charge in [-0.1, -0.05) is 0 Å². The van der Waals surface area contributed by atoms with Crippen molar-refractivity contribution in [3.05, 3.63) is 0 Å². The molecule has 0 fully saturated rings.